The van der Waals surface area contributed by atoms with Crippen LogP contribution in [0.3, 0.4) is 0 Å². The molecule has 4 heterocycles. The van der Waals surface area contributed by atoms with E-state index in [0.717, 1.165) is 77.1 Å². The number of furan rings is 2. The summed E-state index contributed by atoms with van der Waals surface area (Å²) >= 11 is 0. The van der Waals surface area contributed by atoms with Crippen LogP contribution >= 0.6 is 0 Å². The molecule has 43 heavy (non-hydrogen) atoms. The Labute approximate surface area is 244 Å². The molecular weight excluding hydrogens is 530 g/mol. The minimum atomic E-state index is 0.634. The van der Waals surface area contributed by atoms with E-state index in [1.807, 2.05) is 48.5 Å². The summed E-state index contributed by atoms with van der Waals surface area (Å²) < 4.78 is 14.9. The van der Waals surface area contributed by atoms with Gasteiger partial charge in [0.2, 0.25) is 5.95 Å². The van der Waals surface area contributed by atoms with Crippen molar-refractivity contribution in [2.45, 2.75) is 0 Å². The van der Waals surface area contributed by atoms with Gasteiger partial charge in [-0.1, -0.05) is 84.9 Å². The zero-order chi connectivity index (χ0) is 28.1. The minimum absolute atomic E-state index is 0.634. The van der Waals surface area contributed by atoms with E-state index in [1.165, 1.54) is 10.8 Å². The lowest BCUT2D eigenvalue weighted by atomic mass is 9.98. The van der Waals surface area contributed by atoms with E-state index < -0.39 is 0 Å². The van der Waals surface area contributed by atoms with Gasteiger partial charge in [-0.2, -0.15) is 0 Å². The van der Waals surface area contributed by atoms with Gasteiger partial charge in [-0.05, 0) is 42.5 Å². The molecule has 0 aliphatic heterocycles. The summed E-state index contributed by atoms with van der Waals surface area (Å²) in [7, 11) is 0. The van der Waals surface area contributed by atoms with Crippen LogP contribution in [0.15, 0.2) is 136 Å². The SMILES string of the molecule is c1ccc2c(-c3cccc4oc5ccc6oc7ccccc7c6c5c34)nc(-n3c4ccccc4c4ccccc43)nc2c1. The number of hydrogen-bond donors (Lipinski definition) is 0. The van der Waals surface area contributed by atoms with Gasteiger partial charge in [0, 0.05) is 43.3 Å². The summed E-state index contributed by atoms with van der Waals surface area (Å²) in [6, 6.07) is 43.5. The van der Waals surface area contributed by atoms with Crippen LogP contribution in [0, 0.1) is 0 Å². The fourth-order valence-electron chi connectivity index (χ4n) is 6.83. The Balaban J connectivity index is 1.37. The monoisotopic (exact) mass is 551 g/mol. The van der Waals surface area contributed by atoms with Crippen LogP contribution in [-0.4, -0.2) is 14.5 Å². The van der Waals surface area contributed by atoms with Gasteiger partial charge in [-0.25, -0.2) is 9.97 Å². The van der Waals surface area contributed by atoms with Gasteiger partial charge in [0.1, 0.15) is 22.3 Å². The van der Waals surface area contributed by atoms with Crippen LogP contribution in [0.2, 0.25) is 0 Å². The first-order chi connectivity index (χ1) is 21.3. The maximum atomic E-state index is 6.48. The summed E-state index contributed by atoms with van der Waals surface area (Å²) in [4.78, 5) is 10.5. The van der Waals surface area contributed by atoms with Crippen molar-refractivity contribution in [1.82, 2.24) is 14.5 Å². The first-order valence-electron chi connectivity index (χ1n) is 14.3. The number of para-hydroxylation sites is 4. The molecule has 0 N–H and O–H groups in total. The van der Waals surface area contributed by atoms with Crippen molar-refractivity contribution >= 4 is 76.6 Å². The molecule has 10 rings (SSSR count). The van der Waals surface area contributed by atoms with E-state index >= 15 is 0 Å². The molecule has 0 saturated carbocycles. The third kappa shape index (κ3) is 3.05. The Morgan fingerprint density at radius 2 is 1.00 bits per heavy atom. The first-order valence-corrected chi connectivity index (χ1v) is 14.3. The minimum Gasteiger partial charge on any atom is -0.456 e. The molecule has 0 fully saturated rings. The Morgan fingerprint density at radius 3 is 1.79 bits per heavy atom. The van der Waals surface area contributed by atoms with Crippen molar-refractivity contribution in [3.05, 3.63) is 127 Å². The van der Waals surface area contributed by atoms with Crippen molar-refractivity contribution in [1.29, 1.82) is 0 Å². The Morgan fingerprint density at radius 1 is 0.419 bits per heavy atom. The van der Waals surface area contributed by atoms with Crippen LogP contribution in [-0.2, 0) is 0 Å². The van der Waals surface area contributed by atoms with Gasteiger partial charge in [0.15, 0.2) is 0 Å². The highest BCUT2D eigenvalue weighted by Gasteiger charge is 2.22. The quantitative estimate of drug-likeness (QED) is 0.214. The van der Waals surface area contributed by atoms with Crippen LogP contribution in [0.25, 0.3) is 93.8 Å². The predicted molar refractivity (Wildman–Crippen MR) is 174 cm³/mol. The summed E-state index contributed by atoms with van der Waals surface area (Å²) in [5.74, 6) is 0.634. The maximum absolute atomic E-state index is 6.48. The largest absolute Gasteiger partial charge is 0.456 e. The van der Waals surface area contributed by atoms with Gasteiger partial charge >= 0.3 is 0 Å². The van der Waals surface area contributed by atoms with E-state index in [9.17, 15) is 0 Å². The predicted octanol–water partition coefficient (Wildman–Crippen LogP) is 10.2. The summed E-state index contributed by atoms with van der Waals surface area (Å²) in [5.41, 5.74) is 8.21. The molecule has 0 aliphatic rings. The van der Waals surface area contributed by atoms with Crippen molar-refractivity contribution in [2.24, 2.45) is 0 Å². The maximum Gasteiger partial charge on any atom is 0.235 e. The average molecular weight is 552 g/mol. The molecule has 0 radical (unpaired) electrons. The molecular formula is C38H21N3O2. The standard InChI is InChI=1S/C38H21N3O2/c1-5-15-27-24(12-1)37(40-38(39-27)41-28-16-6-2-10-22(28)23-11-3-7-17-29(23)41)26-14-9-19-31-35(26)36-33(43-31)21-20-32-34(36)25-13-4-8-18-30(25)42-32/h1-21H. The number of benzene rings is 6. The fraction of sp³-hybridized carbons (Fsp3) is 0. The van der Waals surface area contributed by atoms with Gasteiger partial charge in [-0.3, -0.25) is 4.57 Å². The van der Waals surface area contributed by atoms with Crippen LogP contribution in [0.5, 0.6) is 0 Å². The lowest BCUT2D eigenvalue weighted by molar-refractivity contribution is 0.663. The van der Waals surface area contributed by atoms with E-state index in [0.29, 0.717) is 5.95 Å². The van der Waals surface area contributed by atoms with E-state index in [1.54, 1.807) is 0 Å². The van der Waals surface area contributed by atoms with E-state index in [2.05, 4.69) is 83.4 Å². The lowest BCUT2D eigenvalue weighted by Gasteiger charge is -2.12. The molecule has 4 aromatic heterocycles. The molecule has 6 aromatic carbocycles. The zero-order valence-electron chi connectivity index (χ0n) is 22.8. The van der Waals surface area contributed by atoms with Crippen molar-refractivity contribution in [2.75, 3.05) is 0 Å². The Hall–Kier alpha value is -5.94. The Kier molecular flexibility index (Phi) is 4.39. The summed E-state index contributed by atoms with van der Waals surface area (Å²) in [6.45, 7) is 0. The normalized spacial score (nSPS) is 12.2. The first kappa shape index (κ1) is 22.7. The number of rotatable bonds is 2. The van der Waals surface area contributed by atoms with E-state index in [4.69, 9.17) is 18.8 Å². The molecule has 0 spiro atoms. The molecule has 5 heteroatoms. The Bertz CT molecular complexity index is 2690. The molecule has 0 bridgehead atoms. The zero-order valence-corrected chi connectivity index (χ0v) is 22.8. The molecule has 10 aromatic rings. The van der Waals surface area contributed by atoms with E-state index in [-0.39, 0.29) is 0 Å². The third-order valence-corrected chi connectivity index (χ3v) is 8.63. The van der Waals surface area contributed by atoms with Gasteiger partial charge in [0.25, 0.3) is 0 Å². The lowest BCUT2D eigenvalue weighted by Crippen LogP contribution is -2.03. The number of aromatic nitrogens is 3. The average Bonchev–Trinajstić information content (AvgIpc) is 3.73. The van der Waals surface area contributed by atoms with Gasteiger partial charge in [-0.15, -0.1) is 0 Å². The van der Waals surface area contributed by atoms with Gasteiger partial charge in [0.05, 0.1) is 22.2 Å². The number of fused-ring (bicyclic) bond motifs is 11. The van der Waals surface area contributed by atoms with Crippen molar-refractivity contribution in [3.63, 3.8) is 0 Å². The van der Waals surface area contributed by atoms with Crippen LogP contribution in [0.1, 0.15) is 0 Å². The smallest absolute Gasteiger partial charge is 0.235 e. The fourth-order valence-corrected chi connectivity index (χ4v) is 6.83. The molecule has 200 valence electrons. The highest BCUT2D eigenvalue weighted by molar-refractivity contribution is 6.28. The highest BCUT2D eigenvalue weighted by Crippen LogP contribution is 2.44. The van der Waals surface area contributed by atoms with Crippen molar-refractivity contribution in [3.8, 4) is 17.2 Å². The summed E-state index contributed by atoms with van der Waals surface area (Å²) in [6.07, 6.45) is 0. The van der Waals surface area contributed by atoms with Crippen LogP contribution in [0.4, 0.5) is 0 Å². The molecule has 5 nitrogen and oxygen atoms in total. The van der Waals surface area contributed by atoms with Crippen LogP contribution < -0.4 is 0 Å². The highest BCUT2D eigenvalue weighted by atomic mass is 16.3. The second kappa shape index (κ2) is 8.30. The molecule has 0 aliphatic carbocycles. The molecule has 0 atom stereocenters. The van der Waals surface area contributed by atoms with Gasteiger partial charge < -0.3 is 8.83 Å². The van der Waals surface area contributed by atoms with Crippen molar-refractivity contribution < 1.29 is 8.83 Å². The second-order valence-electron chi connectivity index (χ2n) is 10.9. The molecule has 0 amide bonds. The molecule has 0 unspecified atom stereocenters. The third-order valence-electron chi connectivity index (χ3n) is 8.63. The second-order valence-corrected chi connectivity index (χ2v) is 10.9. The molecule has 0 saturated heterocycles. The summed E-state index contributed by atoms with van der Waals surface area (Å²) in [5, 5.41) is 7.51. The number of hydrogen-bond acceptors (Lipinski definition) is 4. The topological polar surface area (TPSA) is 57.0 Å². The number of nitrogens with zero attached hydrogens (tertiary/aromatic N) is 3.